The molecule has 7 nitrogen and oxygen atoms in total. The molecular formula is C12H13N7. The third-order valence-corrected chi connectivity index (χ3v) is 2.76. The molecule has 0 bridgehead atoms. The number of nitrogen functional groups attached to an aromatic ring is 1. The summed E-state index contributed by atoms with van der Waals surface area (Å²) in [5, 5.41) is 3.24. The number of H-pyrrole nitrogens is 1. The van der Waals surface area contributed by atoms with Gasteiger partial charge in [0, 0.05) is 18.9 Å². The highest BCUT2D eigenvalue weighted by Gasteiger charge is 2.07. The van der Waals surface area contributed by atoms with Gasteiger partial charge in [0.25, 0.3) is 0 Å². The van der Waals surface area contributed by atoms with Crippen LogP contribution >= 0.6 is 0 Å². The largest absolute Gasteiger partial charge is 0.368 e. The molecule has 0 spiro atoms. The Morgan fingerprint density at radius 2 is 2.05 bits per heavy atom. The lowest BCUT2D eigenvalue weighted by atomic mass is 10.2. The van der Waals surface area contributed by atoms with E-state index >= 15 is 0 Å². The Balaban J connectivity index is 1.73. The van der Waals surface area contributed by atoms with Gasteiger partial charge >= 0.3 is 0 Å². The van der Waals surface area contributed by atoms with Crippen molar-refractivity contribution in [2.45, 2.75) is 6.42 Å². The van der Waals surface area contributed by atoms with Gasteiger partial charge in [0.1, 0.15) is 5.52 Å². The van der Waals surface area contributed by atoms with Crippen LogP contribution in [-0.4, -0.2) is 31.5 Å². The third-order valence-electron chi connectivity index (χ3n) is 2.76. The van der Waals surface area contributed by atoms with Gasteiger partial charge in [-0.1, -0.05) is 0 Å². The van der Waals surface area contributed by atoms with Crippen molar-refractivity contribution in [3.05, 3.63) is 36.4 Å². The van der Waals surface area contributed by atoms with E-state index in [9.17, 15) is 0 Å². The van der Waals surface area contributed by atoms with Gasteiger partial charge in [-0.25, -0.2) is 4.98 Å². The second-order valence-corrected chi connectivity index (χ2v) is 4.06. The summed E-state index contributed by atoms with van der Waals surface area (Å²) in [7, 11) is 0. The molecule has 0 radical (unpaired) electrons. The molecule has 0 fully saturated rings. The van der Waals surface area contributed by atoms with Crippen molar-refractivity contribution >= 4 is 22.9 Å². The topological polar surface area (TPSA) is 105 Å². The van der Waals surface area contributed by atoms with E-state index < -0.39 is 0 Å². The highest BCUT2D eigenvalue weighted by molar-refractivity contribution is 5.83. The summed E-state index contributed by atoms with van der Waals surface area (Å²) in [4.78, 5) is 19.3. The minimum atomic E-state index is 0.214. The van der Waals surface area contributed by atoms with Crippen LogP contribution in [0.2, 0.25) is 0 Å². The number of hydrogen-bond donors (Lipinski definition) is 3. The monoisotopic (exact) mass is 255 g/mol. The average Bonchev–Trinajstić information content (AvgIpc) is 2.88. The van der Waals surface area contributed by atoms with Crippen LogP contribution in [0.25, 0.3) is 11.2 Å². The molecule has 0 saturated carbocycles. The molecule has 0 saturated heterocycles. The molecular weight excluding hydrogens is 242 g/mol. The molecule has 0 aromatic carbocycles. The van der Waals surface area contributed by atoms with Gasteiger partial charge in [-0.2, -0.15) is 9.97 Å². The highest BCUT2D eigenvalue weighted by atomic mass is 15.1. The Morgan fingerprint density at radius 3 is 2.89 bits per heavy atom. The van der Waals surface area contributed by atoms with E-state index in [0.29, 0.717) is 11.5 Å². The smallest absolute Gasteiger partial charge is 0.224 e. The third kappa shape index (κ3) is 2.44. The van der Waals surface area contributed by atoms with Crippen molar-refractivity contribution in [3.63, 3.8) is 0 Å². The predicted molar refractivity (Wildman–Crippen MR) is 72.5 cm³/mol. The van der Waals surface area contributed by atoms with Crippen LogP contribution in [0.1, 0.15) is 5.56 Å². The fraction of sp³-hybridized carbons (Fsp3) is 0.167. The number of aromatic nitrogens is 5. The molecule has 0 aliphatic carbocycles. The lowest BCUT2D eigenvalue weighted by Crippen LogP contribution is -2.08. The minimum Gasteiger partial charge on any atom is -0.368 e. The maximum atomic E-state index is 5.64. The normalized spacial score (nSPS) is 10.7. The molecule has 96 valence electrons. The first-order valence-electron chi connectivity index (χ1n) is 5.92. The van der Waals surface area contributed by atoms with E-state index in [1.807, 2.05) is 12.1 Å². The van der Waals surface area contributed by atoms with Crippen LogP contribution in [0.5, 0.6) is 0 Å². The molecule has 0 atom stereocenters. The Morgan fingerprint density at radius 1 is 1.21 bits per heavy atom. The Labute approximate surface area is 109 Å². The number of aromatic amines is 1. The molecule has 3 heterocycles. The first-order valence-corrected chi connectivity index (χ1v) is 5.92. The second-order valence-electron chi connectivity index (χ2n) is 4.06. The summed E-state index contributed by atoms with van der Waals surface area (Å²) in [6.45, 7) is 0.745. The van der Waals surface area contributed by atoms with Crippen molar-refractivity contribution in [3.8, 4) is 0 Å². The quantitative estimate of drug-likeness (QED) is 0.642. The zero-order valence-corrected chi connectivity index (χ0v) is 10.2. The zero-order chi connectivity index (χ0) is 13.1. The lowest BCUT2D eigenvalue weighted by molar-refractivity contribution is 1.00. The van der Waals surface area contributed by atoms with Crippen molar-refractivity contribution in [1.29, 1.82) is 0 Å². The first kappa shape index (κ1) is 11.4. The minimum absolute atomic E-state index is 0.214. The number of rotatable bonds is 4. The summed E-state index contributed by atoms with van der Waals surface area (Å²) in [5.74, 6) is 0.889. The van der Waals surface area contributed by atoms with Crippen LogP contribution in [-0.2, 0) is 6.42 Å². The molecule has 7 heteroatoms. The van der Waals surface area contributed by atoms with E-state index in [-0.39, 0.29) is 5.95 Å². The summed E-state index contributed by atoms with van der Waals surface area (Å²) in [6.07, 6.45) is 6.02. The standard InChI is InChI=1S/C12H13N7/c13-12-18-10(9-11(19-12)17-7-16-9)15-6-3-8-1-4-14-5-2-8/h1-2,4-5,7H,3,6H2,(H4,13,15,16,17,18,19). The van der Waals surface area contributed by atoms with E-state index in [4.69, 9.17) is 5.73 Å². The maximum Gasteiger partial charge on any atom is 0.224 e. The van der Waals surface area contributed by atoms with E-state index in [2.05, 4.69) is 30.2 Å². The Hall–Kier alpha value is -2.70. The van der Waals surface area contributed by atoms with Crippen molar-refractivity contribution in [2.75, 3.05) is 17.6 Å². The number of nitrogens with two attached hydrogens (primary N) is 1. The maximum absolute atomic E-state index is 5.64. The van der Waals surface area contributed by atoms with Gasteiger partial charge in [-0.05, 0) is 24.1 Å². The molecule has 0 aliphatic rings. The van der Waals surface area contributed by atoms with E-state index in [0.717, 1.165) is 18.5 Å². The van der Waals surface area contributed by atoms with Crippen LogP contribution in [0.3, 0.4) is 0 Å². The van der Waals surface area contributed by atoms with E-state index in [1.165, 1.54) is 5.56 Å². The average molecular weight is 255 g/mol. The summed E-state index contributed by atoms with van der Waals surface area (Å²) < 4.78 is 0. The number of pyridine rings is 1. The predicted octanol–water partition coefficient (Wildman–Crippen LogP) is 0.985. The van der Waals surface area contributed by atoms with Crippen LogP contribution in [0.4, 0.5) is 11.8 Å². The highest BCUT2D eigenvalue weighted by Crippen LogP contribution is 2.17. The SMILES string of the molecule is Nc1nc(NCCc2ccncc2)c2[nH]cnc2n1. The van der Waals surface area contributed by atoms with Crippen LogP contribution < -0.4 is 11.1 Å². The lowest BCUT2D eigenvalue weighted by Gasteiger charge is -2.06. The van der Waals surface area contributed by atoms with Gasteiger partial charge in [-0.3, -0.25) is 4.98 Å². The Kier molecular flexibility index (Phi) is 2.93. The van der Waals surface area contributed by atoms with Gasteiger partial charge in [0.2, 0.25) is 5.95 Å². The van der Waals surface area contributed by atoms with Gasteiger partial charge < -0.3 is 16.0 Å². The molecule has 3 aromatic rings. The van der Waals surface area contributed by atoms with Gasteiger partial charge in [-0.15, -0.1) is 0 Å². The molecule has 3 aromatic heterocycles. The molecule has 4 N–H and O–H groups in total. The number of anilines is 2. The van der Waals surface area contributed by atoms with Gasteiger partial charge in [0.05, 0.1) is 6.33 Å². The van der Waals surface area contributed by atoms with Gasteiger partial charge in [0.15, 0.2) is 11.5 Å². The number of fused-ring (bicyclic) bond motifs is 1. The number of nitrogens with zero attached hydrogens (tertiary/aromatic N) is 4. The first-order chi connectivity index (χ1) is 9.33. The van der Waals surface area contributed by atoms with E-state index in [1.54, 1.807) is 18.7 Å². The van der Waals surface area contributed by atoms with Crippen LogP contribution in [0.15, 0.2) is 30.9 Å². The molecule has 0 amide bonds. The Bertz CT molecular complexity index is 677. The summed E-state index contributed by atoms with van der Waals surface area (Å²) in [5.41, 5.74) is 8.19. The second kappa shape index (κ2) is 4.89. The summed E-state index contributed by atoms with van der Waals surface area (Å²) >= 11 is 0. The number of hydrogen-bond acceptors (Lipinski definition) is 6. The zero-order valence-electron chi connectivity index (χ0n) is 10.2. The molecule has 19 heavy (non-hydrogen) atoms. The molecule has 0 unspecified atom stereocenters. The van der Waals surface area contributed by atoms with Crippen molar-refractivity contribution in [2.24, 2.45) is 0 Å². The number of imidazole rings is 1. The number of nitrogens with one attached hydrogen (secondary N) is 2. The van der Waals surface area contributed by atoms with Crippen LogP contribution in [0, 0.1) is 0 Å². The summed E-state index contributed by atoms with van der Waals surface area (Å²) in [6, 6.07) is 3.98. The fourth-order valence-corrected chi connectivity index (χ4v) is 1.85. The van der Waals surface area contributed by atoms with Crippen molar-refractivity contribution < 1.29 is 0 Å². The van der Waals surface area contributed by atoms with Crippen molar-refractivity contribution in [1.82, 2.24) is 24.9 Å². The fourth-order valence-electron chi connectivity index (χ4n) is 1.85. The molecule has 3 rings (SSSR count). The molecule has 0 aliphatic heterocycles.